The summed E-state index contributed by atoms with van der Waals surface area (Å²) in [6.45, 7) is 0. The van der Waals surface area contributed by atoms with Crippen molar-refractivity contribution in [3.05, 3.63) is 95.4 Å². The van der Waals surface area contributed by atoms with Gasteiger partial charge in [-0.2, -0.15) is 5.26 Å². The third-order valence-corrected chi connectivity index (χ3v) is 6.34. The number of nitrogens with zero attached hydrogens (tertiary/aromatic N) is 2. The Balaban J connectivity index is 1.55. The molecule has 4 nitrogen and oxygen atoms in total. The molecule has 0 amide bonds. The average Bonchev–Trinajstić information content (AvgIpc) is 3.40. The highest BCUT2D eigenvalue weighted by molar-refractivity contribution is 7.16. The maximum absolute atomic E-state index is 11.1. The molecule has 2 heterocycles. The molecule has 0 fully saturated rings. The quantitative estimate of drug-likeness (QED) is 0.266. The average molecular weight is 420 g/mol. The Morgan fingerprint density at radius 2 is 1.48 bits per heavy atom. The fourth-order valence-corrected chi connectivity index (χ4v) is 4.80. The van der Waals surface area contributed by atoms with Crippen LogP contribution in [0.15, 0.2) is 90.5 Å². The Bertz CT molecular complexity index is 1460. The molecular weight excluding hydrogens is 404 g/mol. The van der Waals surface area contributed by atoms with E-state index in [4.69, 9.17) is 10.4 Å². The lowest BCUT2D eigenvalue weighted by molar-refractivity contribution is -0.132. The van der Waals surface area contributed by atoms with E-state index in [0.29, 0.717) is 0 Å². The van der Waals surface area contributed by atoms with Gasteiger partial charge in [0.2, 0.25) is 0 Å². The van der Waals surface area contributed by atoms with Crippen molar-refractivity contribution in [1.82, 2.24) is 4.57 Å². The van der Waals surface area contributed by atoms with Gasteiger partial charge in [-0.05, 0) is 48.0 Å². The van der Waals surface area contributed by atoms with Crippen LogP contribution in [0.25, 0.3) is 44.0 Å². The van der Waals surface area contributed by atoms with E-state index in [9.17, 15) is 4.79 Å². The van der Waals surface area contributed by atoms with Crippen molar-refractivity contribution in [2.45, 2.75) is 0 Å². The number of fused-ring (bicyclic) bond motifs is 3. The molecule has 3 aromatic carbocycles. The summed E-state index contributed by atoms with van der Waals surface area (Å²) in [6.07, 6.45) is 1.41. The van der Waals surface area contributed by atoms with Gasteiger partial charge >= 0.3 is 5.97 Å². The predicted octanol–water partition coefficient (Wildman–Crippen LogP) is 6.50. The molecule has 148 valence electrons. The molecule has 31 heavy (non-hydrogen) atoms. The third kappa shape index (κ3) is 3.29. The van der Waals surface area contributed by atoms with Crippen LogP contribution >= 0.6 is 11.3 Å². The zero-order valence-electron chi connectivity index (χ0n) is 16.3. The van der Waals surface area contributed by atoms with E-state index in [1.54, 1.807) is 6.07 Å². The van der Waals surface area contributed by atoms with Crippen LogP contribution < -0.4 is 0 Å². The minimum atomic E-state index is -1.21. The van der Waals surface area contributed by atoms with Crippen LogP contribution in [-0.2, 0) is 4.79 Å². The van der Waals surface area contributed by atoms with Crippen molar-refractivity contribution in [2.24, 2.45) is 0 Å². The van der Waals surface area contributed by atoms with Crippen LogP contribution in [0.3, 0.4) is 0 Å². The standard InChI is InChI=1S/C26H16N2O2S/c27-16-18(26(29)30)15-20-13-14-25(31-20)17-9-11-19(12-10-17)28-23-7-3-1-5-21(23)22-6-2-4-8-24(22)28/h1-15H,(H,29,30)/b18-15+. The van der Waals surface area contributed by atoms with Crippen LogP contribution in [-0.4, -0.2) is 15.6 Å². The molecule has 1 N–H and O–H groups in total. The summed E-state index contributed by atoms with van der Waals surface area (Å²) in [5, 5.41) is 20.4. The molecule has 0 radical (unpaired) electrons. The fraction of sp³-hybridized carbons (Fsp3) is 0. The Hall–Kier alpha value is -4.14. The van der Waals surface area contributed by atoms with Gasteiger partial charge in [-0.15, -0.1) is 11.3 Å². The number of carbonyl (C=O) groups is 1. The molecule has 0 aliphatic rings. The third-order valence-electron chi connectivity index (χ3n) is 5.25. The lowest BCUT2D eigenvalue weighted by atomic mass is 10.1. The number of rotatable bonds is 4. The molecule has 5 heteroatoms. The largest absolute Gasteiger partial charge is 0.477 e. The number of carboxylic acids is 1. The highest BCUT2D eigenvalue weighted by Crippen LogP contribution is 2.34. The first-order valence-corrected chi connectivity index (χ1v) is 10.5. The lowest BCUT2D eigenvalue weighted by Gasteiger charge is -2.08. The van der Waals surface area contributed by atoms with Gasteiger partial charge < -0.3 is 9.67 Å². The lowest BCUT2D eigenvalue weighted by Crippen LogP contribution is -1.96. The van der Waals surface area contributed by atoms with Gasteiger partial charge in [0, 0.05) is 26.2 Å². The second-order valence-electron chi connectivity index (χ2n) is 7.09. The Morgan fingerprint density at radius 3 is 2.06 bits per heavy atom. The number of carboxylic acid groups (broad SMARTS) is 1. The van der Waals surface area contributed by atoms with Crippen molar-refractivity contribution in [1.29, 1.82) is 5.26 Å². The zero-order chi connectivity index (χ0) is 21.4. The topological polar surface area (TPSA) is 66.0 Å². The Labute approximate surface area is 182 Å². The minimum Gasteiger partial charge on any atom is -0.477 e. The smallest absolute Gasteiger partial charge is 0.346 e. The summed E-state index contributed by atoms with van der Waals surface area (Å²) in [5.74, 6) is -1.21. The maximum atomic E-state index is 11.1. The monoisotopic (exact) mass is 420 g/mol. The second kappa shape index (κ2) is 7.60. The molecular formula is C26H16N2O2S. The first-order chi connectivity index (χ1) is 15.2. The summed E-state index contributed by atoms with van der Waals surface area (Å²) >= 11 is 1.46. The zero-order valence-corrected chi connectivity index (χ0v) is 17.1. The van der Waals surface area contributed by atoms with Crippen molar-refractivity contribution in [3.63, 3.8) is 0 Å². The van der Waals surface area contributed by atoms with Gasteiger partial charge in [0.15, 0.2) is 0 Å². The van der Waals surface area contributed by atoms with E-state index < -0.39 is 5.97 Å². The normalized spacial score (nSPS) is 11.6. The summed E-state index contributed by atoms with van der Waals surface area (Å²) in [5.41, 5.74) is 4.18. The first-order valence-electron chi connectivity index (χ1n) is 9.69. The molecule has 0 aliphatic heterocycles. The van der Waals surface area contributed by atoms with Gasteiger partial charge in [0.05, 0.1) is 11.0 Å². The van der Waals surface area contributed by atoms with Crippen LogP contribution in [0.5, 0.6) is 0 Å². The molecule has 0 spiro atoms. The summed E-state index contributed by atoms with van der Waals surface area (Å²) in [6, 6.07) is 30.6. The van der Waals surface area contributed by atoms with Crippen LogP contribution in [0.1, 0.15) is 4.88 Å². The number of thiophene rings is 1. The maximum Gasteiger partial charge on any atom is 0.346 e. The van der Waals surface area contributed by atoms with Gasteiger partial charge in [-0.25, -0.2) is 4.79 Å². The van der Waals surface area contributed by atoms with Crippen molar-refractivity contribution >= 4 is 45.2 Å². The molecule has 0 bridgehead atoms. The molecule has 0 atom stereocenters. The van der Waals surface area contributed by atoms with E-state index in [2.05, 4.69) is 77.4 Å². The number of benzene rings is 3. The highest BCUT2D eigenvalue weighted by atomic mass is 32.1. The summed E-state index contributed by atoms with van der Waals surface area (Å²) < 4.78 is 2.27. The molecule has 0 aliphatic carbocycles. The number of para-hydroxylation sites is 2. The van der Waals surface area contributed by atoms with Crippen LogP contribution in [0.2, 0.25) is 0 Å². The number of nitriles is 1. The van der Waals surface area contributed by atoms with Gasteiger partial charge in [0.1, 0.15) is 11.6 Å². The molecule has 5 rings (SSSR count). The molecule has 0 saturated heterocycles. The SMILES string of the molecule is N#C/C(=C\c1ccc(-c2ccc(-n3c4ccccc4c4ccccc43)cc2)s1)C(=O)O. The van der Waals surface area contributed by atoms with Crippen LogP contribution in [0, 0.1) is 11.3 Å². The fourth-order valence-electron chi connectivity index (χ4n) is 3.85. The van der Waals surface area contributed by atoms with E-state index >= 15 is 0 Å². The summed E-state index contributed by atoms with van der Waals surface area (Å²) in [4.78, 5) is 12.8. The number of aliphatic carboxylic acids is 1. The van der Waals surface area contributed by atoms with Crippen molar-refractivity contribution in [3.8, 4) is 22.2 Å². The molecule has 2 aromatic heterocycles. The van der Waals surface area contributed by atoms with E-state index in [0.717, 1.165) is 32.0 Å². The van der Waals surface area contributed by atoms with Crippen LogP contribution in [0.4, 0.5) is 0 Å². The number of hydrogen-bond donors (Lipinski definition) is 1. The second-order valence-corrected chi connectivity index (χ2v) is 8.21. The molecule has 0 saturated carbocycles. The van der Waals surface area contributed by atoms with E-state index in [1.807, 2.05) is 12.1 Å². The molecule has 5 aromatic rings. The predicted molar refractivity (Wildman–Crippen MR) is 125 cm³/mol. The Kier molecular flexibility index (Phi) is 4.62. The number of aromatic nitrogens is 1. The van der Waals surface area contributed by atoms with Gasteiger partial charge in [-0.3, -0.25) is 0 Å². The summed E-state index contributed by atoms with van der Waals surface area (Å²) in [7, 11) is 0. The minimum absolute atomic E-state index is 0.268. The van der Waals surface area contributed by atoms with E-state index in [1.165, 1.54) is 28.2 Å². The van der Waals surface area contributed by atoms with Gasteiger partial charge in [0.25, 0.3) is 0 Å². The first kappa shape index (κ1) is 18.9. The van der Waals surface area contributed by atoms with Gasteiger partial charge in [-0.1, -0.05) is 48.5 Å². The van der Waals surface area contributed by atoms with Crippen molar-refractivity contribution in [2.75, 3.05) is 0 Å². The number of hydrogen-bond acceptors (Lipinski definition) is 3. The Morgan fingerprint density at radius 1 is 0.871 bits per heavy atom. The van der Waals surface area contributed by atoms with E-state index in [-0.39, 0.29) is 5.57 Å². The highest BCUT2D eigenvalue weighted by Gasteiger charge is 2.12. The van der Waals surface area contributed by atoms with Crippen molar-refractivity contribution < 1.29 is 9.90 Å². The molecule has 0 unspecified atom stereocenters.